The fourth-order valence-electron chi connectivity index (χ4n) is 2.92. The van der Waals surface area contributed by atoms with E-state index >= 15 is 0 Å². The number of ether oxygens (including phenoxy) is 3. The second-order valence-electron chi connectivity index (χ2n) is 6.54. The number of carbonyl (C=O) groups is 2. The van der Waals surface area contributed by atoms with Crippen LogP contribution in [0.1, 0.15) is 22.6 Å². The molecule has 3 aromatic rings. The molecule has 0 saturated heterocycles. The molecule has 0 aliphatic carbocycles. The second kappa shape index (κ2) is 10.1. The molecule has 0 bridgehead atoms. The maximum absolute atomic E-state index is 12.1. The van der Waals surface area contributed by atoms with Crippen LogP contribution in [0.5, 0.6) is 11.5 Å². The van der Waals surface area contributed by atoms with Crippen LogP contribution < -0.4 is 9.47 Å². The van der Waals surface area contributed by atoms with E-state index in [4.69, 9.17) is 9.47 Å². The van der Waals surface area contributed by atoms with E-state index in [1.807, 2.05) is 60.7 Å². The quantitative estimate of drug-likeness (QED) is 0.424. The summed E-state index contributed by atoms with van der Waals surface area (Å²) in [6.07, 6.45) is 0. The van der Waals surface area contributed by atoms with Gasteiger partial charge in [0.15, 0.2) is 5.92 Å². The minimum Gasteiger partial charge on any atom is -0.489 e. The fourth-order valence-corrected chi connectivity index (χ4v) is 2.92. The fraction of sp³-hybridized carbons (Fsp3) is 0.167. The zero-order valence-corrected chi connectivity index (χ0v) is 16.5. The van der Waals surface area contributed by atoms with Crippen LogP contribution in [-0.4, -0.2) is 24.2 Å². The van der Waals surface area contributed by atoms with E-state index in [1.54, 1.807) is 12.1 Å². The van der Waals surface area contributed by atoms with Crippen molar-refractivity contribution in [1.82, 2.24) is 0 Å². The molecular weight excluding hydrogens is 384 g/mol. The van der Waals surface area contributed by atoms with Crippen LogP contribution in [0.4, 0.5) is 0 Å². The van der Waals surface area contributed by atoms with Crippen molar-refractivity contribution in [2.75, 3.05) is 7.11 Å². The number of benzene rings is 3. The molecule has 0 aliphatic rings. The van der Waals surface area contributed by atoms with Gasteiger partial charge in [-0.1, -0.05) is 66.7 Å². The second-order valence-corrected chi connectivity index (χ2v) is 6.54. The summed E-state index contributed by atoms with van der Waals surface area (Å²) in [6.45, 7) is 0.557. The Balaban J connectivity index is 1.88. The van der Waals surface area contributed by atoms with E-state index < -0.39 is 17.9 Å². The molecule has 0 saturated carbocycles. The van der Waals surface area contributed by atoms with Crippen LogP contribution in [0.25, 0.3) is 0 Å². The lowest BCUT2D eigenvalue weighted by Gasteiger charge is -2.17. The van der Waals surface area contributed by atoms with Crippen molar-refractivity contribution in [3.05, 3.63) is 95.6 Å². The standard InChI is InChI=1S/C24H22O6/c1-28-24(27)22(23(25)26)20-13-12-19(29-15-17-8-4-2-5-9-17)14-21(20)30-16-18-10-6-3-7-11-18/h2-14,22H,15-16H2,1H3,(H,25,26). The molecule has 0 radical (unpaired) electrons. The Morgan fingerprint density at radius 1 is 0.833 bits per heavy atom. The summed E-state index contributed by atoms with van der Waals surface area (Å²) >= 11 is 0. The molecule has 3 aromatic carbocycles. The monoisotopic (exact) mass is 406 g/mol. The number of carbonyl (C=O) groups excluding carboxylic acids is 1. The summed E-state index contributed by atoms with van der Waals surface area (Å²) in [5.41, 5.74) is 2.10. The van der Waals surface area contributed by atoms with Crippen molar-refractivity contribution in [1.29, 1.82) is 0 Å². The number of esters is 1. The molecule has 0 spiro atoms. The average molecular weight is 406 g/mol. The summed E-state index contributed by atoms with van der Waals surface area (Å²) in [5.74, 6) is -2.93. The summed E-state index contributed by atoms with van der Waals surface area (Å²) in [4.78, 5) is 23.8. The number of aliphatic carboxylic acids is 1. The molecule has 6 nitrogen and oxygen atoms in total. The van der Waals surface area contributed by atoms with Gasteiger partial charge in [0.2, 0.25) is 0 Å². The number of methoxy groups -OCH3 is 1. The lowest BCUT2D eigenvalue weighted by molar-refractivity contribution is -0.152. The SMILES string of the molecule is COC(=O)C(C(=O)O)c1ccc(OCc2ccccc2)cc1OCc1ccccc1. The summed E-state index contributed by atoms with van der Waals surface area (Å²) in [6, 6.07) is 23.8. The highest BCUT2D eigenvalue weighted by Gasteiger charge is 2.32. The number of hydrogen-bond donors (Lipinski definition) is 1. The summed E-state index contributed by atoms with van der Waals surface area (Å²) in [7, 11) is 1.15. The Bertz CT molecular complexity index is 985. The van der Waals surface area contributed by atoms with E-state index in [9.17, 15) is 14.7 Å². The van der Waals surface area contributed by atoms with E-state index in [2.05, 4.69) is 4.74 Å². The minimum absolute atomic E-state index is 0.206. The highest BCUT2D eigenvalue weighted by atomic mass is 16.5. The van der Waals surface area contributed by atoms with Gasteiger partial charge in [0.1, 0.15) is 24.7 Å². The molecule has 1 atom stereocenters. The zero-order valence-electron chi connectivity index (χ0n) is 16.5. The predicted octanol–water partition coefficient (Wildman–Crippen LogP) is 4.19. The molecule has 1 N–H and O–H groups in total. The molecule has 0 heterocycles. The van der Waals surface area contributed by atoms with E-state index in [1.165, 1.54) is 6.07 Å². The van der Waals surface area contributed by atoms with Crippen molar-refractivity contribution in [2.24, 2.45) is 0 Å². The van der Waals surface area contributed by atoms with Crippen molar-refractivity contribution >= 4 is 11.9 Å². The van der Waals surface area contributed by atoms with Gasteiger partial charge in [-0.2, -0.15) is 0 Å². The topological polar surface area (TPSA) is 82.1 Å². The number of carboxylic acids is 1. The molecule has 1 unspecified atom stereocenters. The number of hydrogen-bond acceptors (Lipinski definition) is 5. The van der Waals surface area contributed by atoms with Crippen LogP contribution in [-0.2, 0) is 27.5 Å². The van der Waals surface area contributed by atoms with Crippen LogP contribution >= 0.6 is 0 Å². The summed E-state index contributed by atoms with van der Waals surface area (Å²) < 4.78 is 16.4. The summed E-state index contributed by atoms with van der Waals surface area (Å²) in [5, 5.41) is 9.57. The zero-order chi connectivity index (χ0) is 21.3. The Labute approximate surface area is 174 Å². The molecular formula is C24H22O6. The highest BCUT2D eigenvalue weighted by molar-refractivity contribution is 6.00. The first-order valence-corrected chi connectivity index (χ1v) is 9.36. The molecule has 0 aromatic heterocycles. The third-order valence-corrected chi connectivity index (χ3v) is 4.47. The van der Waals surface area contributed by atoms with Crippen LogP contribution in [0, 0.1) is 0 Å². The maximum atomic E-state index is 12.1. The number of rotatable bonds is 9. The van der Waals surface area contributed by atoms with Crippen LogP contribution in [0.2, 0.25) is 0 Å². The van der Waals surface area contributed by atoms with Gasteiger partial charge in [-0.3, -0.25) is 9.59 Å². The Morgan fingerprint density at radius 3 is 1.93 bits per heavy atom. The van der Waals surface area contributed by atoms with Crippen molar-refractivity contribution in [3.8, 4) is 11.5 Å². The molecule has 3 rings (SSSR count). The van der Waals surface area contributed by atoms with Gasteiger partial charge < -0.3 is 19.3 Å². The van der Waals surface area contributed by atoms with Crippen LogP contribution in [0.3, 0.4) is 0 Å². The normalized spacial score (nSPS) is 11.4. The molecule has 0 aliphatic heterocycles. The maximum Gasteiger partial charge on any atom is 0.324 e. The first-order chi connectivity index (χ1) is 14.6. The molecule has 30 heavy (non-hydrogen) atoms. The Kier molecular flexibility index (Phi) is 7.05. The Morgan fingerprint density at radius 2 is 1.40 bits per heavy atom. The molecule has 0 amide bonds. The van der Waals surface area contributed by atoms with Gasteiger partial charge >= 0.3 is 11.9 Å². The van der Waals surface area contributed by atoms with Crippen LogP contribution in [0.15, 0.2) is 78.9 Å². The Hall–Kier alpha value is -3.80. The lowest BCUT2D eigenvalue weighted by atomic mass is 9.98. The van der Waals surface area contributed by atoms with E-state index in [0.717, 1.165) is 18.2 Å². The third kappa shape index (κ3) is 5.38. The average Bonchev–Trinajstić information content (AvgIpc) is 2.78. The number of carboxylic acid groups (broad SMARTS) is 1. The molecule has 0 fully saturated rings. The van der Waals surface area contributed by atoms with Crippen molar-refractivity contribution in [2.45, 2.75) is 19.1 Å². The van der Waals surface area contributed by atoms with Crippen molar-refractivity contribution in [3.63, 3.8) is 0 Å². The first-order valence-electron chi connectivity index (χ1n) is 9.36. The van der Waals surface area contributed by atoms with E-state index in [-0.39, 0.29) is 17.9 Å². The predicted molar refractivity (Wildman–Crippen MR) is 110 cm³/mol. The van der Waals surface area contributed by atoms with Gasteiger partial charge in [0.25, 0.3) is 0 Å². The van der Waals surface area contributed by atoms with Gasteiger partial charge in [-0.15, -0.1) is 0 Å². The third-order valence-electron chi connectivity index (χ3n) is 4.47. The first kappa shape index (κ1) is 20.9. The van der Waals surface area contributed by atoms with Gasteiger partial charge in [-0.05, 0) is 17.2 Å². The molecule has 154 valence electrons. The van der Waals surface area contributed by atoms with Gasteiger partial charge in [0, 0.05) is 11.6 Å². The van der Waals surface area contributed by atoms with Gasteiger partial charge in [-0.25, -0.2) is 0 Å². The lowest BCUT2D eigenvalue weighted by Crippen LogP contribution is -2.23. The minimum atomic E-state index is -1.50. The largest absolute Gasteiger partial charge is 0.489 e. The highest BCUT2D eigenvalue weighted by Crippen LogP contribution is 2.33. The smallest absolute Gasteiger partial charge is 0.324 e. The van der Waals surface area contributed by atoms with E-state index in [0.29, 0.717) is 12.4 Å². The van der Waals surface area contributed by atoms with Crippen molar-refractivity contribution < 1.29 is 28.9 Å². The van der Waals surface area contributed by atoms with Gasteiger partial charge in [0.05, 0.1) is 7.11 Å². The molecule has 6 heteroatoms.